The van der Waals surface area contributed by atoms with Gasteiger partial charge in [-0.2, -0.15) is 0 Å². The first-order valence-electron chi connectivity index (χ1n) is 9.99. The molecule has 12 heteroatoms. The van der Waals surface area contributed by atoms with Crippen molar-refractivity contribution in [3.05, 3.63) is 64.2 Å². The molecule has 1 fully saturated rings. The van der Waals surface area contributed by atoms with Gasteiger partial charge in [-0.1, -0.05) is 17.7 Å². The fourth-order valence-corrected chi connectivity index (χ4v) is 4.87. The third-order valence-electron chi connectivity index (χ3n) is 5.17. The Morgan fingerprint density at radius 2 is 1.70 bits per heavy atom. The fraction of sp³-hybridized carbons (Fsp3) is 0.333. The Hall–Kier alpha value is -3.51. The number of non-ortho nitro benzene ring substituents is 1. The lowest BCUT2D eigenvalue weighted by atomic mass is 10.1. The van der Waals surface area contributed by atoms with Crippen molar-refractivity contribution in [3.63, 3.8) is 0 Å². The number of nitro groups is 1. The number of amides is 3. The van der Waals surface area contributed by atoms with Crippen LogP contribution in [0.15, 0.2) is 53.4 Å². The number of carbonyl (C=O) groups excluding carboxylic acids is 2. The Morgan fingerprint density at radius 1 is 1.12 bits per heavy atom. The number of rotatable bonds is 8. The normalized spacial score (nSPS) is 16.4. The van der Waals surface area contributed by atoms with Crippen LogP contribution in [-0.4, -0.2) is 60.0 Å². The first kappa shape index (κ1) is 24.1. The number of imide groups is 1. The van der Waals surface area contributed by atoms with Crippen molar-refractivity contribution in [2.45, 2.75) is 37.3 Å². The van der Waals surface area contributed by atoms with Gasteiger partial charge < -0.3 is 10.4 Å². The largest absolute Gasteiger partial charge is 0.389 e. The van der Waals surface area contributed by atoms with Gasteiger partial charge in [0.1, 0.15) is 5.54 Å². The van der Waals surface area contributed by atoms with Crippen molar-refractivity contribution < 1.29 is 28.0 Å². The molecule has 0 unspecified atom stereocenters. The van der Waals surface area contributed by atoms with Crippen LogP contribution in [-0.2, 0) is 14.8 Å². The molecule has 176 valence electrons. The molecule has 1 atom stereocenters. The molecule has 0 bridgehead atoms. The molecule has 3 amide bonds. The summed E-state index contributed by atoms with van der Waals surface area (Å²) in [6, 6.07) is 10.2. The van der Waals surface area contributed by atoms with Gasteiger partial charge in [0.25, 0.3) is 21.6 Å². The lowest BCUT2D eigenvalue weighted by Gasteiger charge is -2.28. The van der Waals surface area contributed by atoms with Crippen LogP contribution in [0.2, 0.25) is 0 Å². The molecule has 2 aromatic rings. The monoisotopic (exact) mass is 476 g/mol. The first-order valence-corrected chi connectivity index (χ1v) is 11.4. The highest BCUT2D eigenvalue weighted by molar-refractivity contribution is 7.92. The number of benzene rings is 2. The van der Waals surface area contributed by atoms with E-state index >= 15 is 0 Å². The van der Waals surface area contributed by atoms with Gasteiger partial charge in [0, 0.05) is 12.1 Å². The topological polar surface area (TPSA) is 150 Å². The second-order valence-electron chi connectivity index (χ2n) is 8.25. The molecule has 11 nitrogen and oxygen atoms in total. The van der Waals surface area contributed by atoms with Gasteiger partial charge in [-0.3, -0.25) is 24.1 Å². The Morgan fingerprint density at radius 3 is 2.18 bits per heavy atom. The number of carbonyl (C=O) groups is 2. The minimum Gasteiger partial charge on any atom is -0.389 e. The van der Waals surface area contributed by atoms with Crippen LogP contribution in [0, 0.1) is 17.0 Å². The lowest BCUT2D eigenvalue weighted by molar-refractivity contribution is -0.384. The Bertz CT molecular complexity index is 1180. The van der Waals surface area contributed by atoms with Crippen molar-refractivity contribution >= 4 is 33.3 Å². The number of hydrogen-bond acceptors (Lipinski definition) is 7. The van der Waals surface area contributed by atoms with E-state index in [0.717, 1.165) is 39.0 Å². The van der Waals surface area contributed by atoms with Crippen LogP contribution in [0.3, 0.4) is 0 Å². The summed E-state index contributed by atoms with van der Waals surface area (Å²) in [6.45, 7) is 4.01. The van der Waals surface area contributed by atoms with Crippen LogP contribution >= 0.6 is 0 Å². The van der Waals surface area contributed by atoms with Crippen molar-refractivity contribution in [2.24, 2.45) is 0 Å². The van der Waals surface area contributed by atoms with Crippen molar-refractivity contribution in [3.8, 4) is 0 Å². The van der Waals surface area contributed by atoms with E-state index in [1.807, 2.05) is 6.92 Å². The third-order valence-corrected chi connectivity index (χ3v) is 6.98. The highest BCUT2D eigenvalue weighted by Crippen LogP contribution is 2.26. The zero-order chi connectivity index (χ0) is 24.6. The number of urea groups is 1. The van der Waals surface area contributed by atoms with E-state index < -0.39 is 51.6 Å². The zero-order valence-corrected chi connectivity index (χ0v) is 19.1. The molecule has 2 N–H and O–H groups in total. The molecule has 0 aromatic heterocycles. The Kier molecular flexibility index (Phi) is 6.43. The molecular formula is C21H24N4O7S. The van der Waals surface area contributed by atoms with Crippen molar-refractivity contribution in [1.82, 2.24) is 10.2 Å². The molecule has 2 aromatic carbocycles. The van der Waals surface area contributed by atoms with E-state index in [0.29, 0.717) is 0 Å². The number of aliphatic hydroxyl groups is 1. The second-order valence-corrected chi connectivity index (χ2v) is 10.1. The van der Waals surface area contributed by atoms with E-state index in [1.165, 1.54) is 13.8 Å². The average molecular weight is 477 g/mol. The molecule has 1 heterocycles. The molecule has 0 aliphatic carbocycles. The number of anilines is 1. The lowest BCUT2D eigenvalue weighted by Crippen LogP contribution is -2.45. The number of sulfonamides is 1. The molecule has 33 heavy (non-hydrogen) atoms. The summed E-state index contributed by atoms with van der Waals surface area (Å²) >= 11 is 0. The van der Waals surface area contributed by atoms with Gasteiger partial charge in [-0.25, -0.2) is 13.2 Å². The molecule has 0 saturated carbocycles. The quantitative estimate of drug-likeness (QED) is 0.335. The molecule has 1 saturated heterocycles. The smallest absolute Gasteiger partial charge is 0.325 e. The number of hydrogen-bond donors (Lipinski definition) is 2. The summed E-state index contributed by atoms with van der Waals surface area (Å²) in [4.78, 5) is 35.4. The molecule has 0 spiro atoms. The van der Waals surface area contributed by atoms with E-state index in [-0.39, 0.29) is 16.3 Å². The summed E-state index contributed by atoms with van der Waals surface area (Å²) in [7, 11) is -4.24. The summed E-state index contributed by atoms with van der Waals surface area (Å²) in [5.41, 5.74) is -0.265. The maximum atomic E-state index is 13.4. The van der Waals surface area contributed by atoms with Crippen LogP contribution in [0.5, 0.6) is 0 Å². The van der Waals surface area contributed by atoms with Crippen molar-refractivity contribution in [1.29, 1.82) is 0 Å². The van der Waals surface area contributed by atoms with Crippen LogP contribution in [0.1, 0.15) is 19.4 Å². The average Bonchev–Trinajstić information content (AvgIpc) is 2.94. The van der Waals surface area contributed by atoms with E-state index in [2.05, 4.69) is 5.32 Å². The second kappa shape index (κ2) is 8.79. The minimum atomic E-state index is -4.24. The number of β-amino-alcohol motifs (C(OH)–C–C–N with tert-alkyl or cyclic N) is 1. The van der Waals surface area contributed by atoms with E-state index in [1.54, 1.807) is 24.3 Å². The third kappa shape index (κ3) is 4.96. The van der Waals surface area contributed by atoms with Crippen LogP contribution < -0.4 is 9.62 Å². The molecule has 1 aliphatic heterocycles. The highest BCUT2D eigenvalue weighted by atomic mass is 32.2. The minimum absolute atomic E-state index is 0.211. The first-order chi connectivity index (χ1) is 15.3. The van der Waals surface area contributed by atoms with Gasteiger partial charge in [-0.15, -0.1) is 0 Å². The van der Waals surface area contributed by atoms with Gasteiger partial charge in [-0.05, 0) is 45.0 Å². The molecule has 3 rings (SSSR count). The molecular weight excluding hydrogens is 452 g/mol. The fourth-order valence-electron chi connectivity index (χ4n) is 3.36. The van der Waals surface area contributed by atoms with Gasteiger partial charge in [0.2, 0.25) is 0 Å². The Balaban J connectivity index is 1.91. The number of aryl methyl sites for hydroxylation is 1. The number of nitrogens with zero attached hydrogens (tertiary/aromatic N) is 3. The van der Waals surface area contributed by atoms with Crippen LogP contribution in [0.4, 0.5) is 16.2 Å². The number of nitro benzene ring substituents is 1. The number of aliphatic hydroxyl groups excluding tert-OH is 1. The Labute approximate surface area is 190 Å². The predicted molar refractivity (Wildman–Crippen MR) is 119 cm³/mol. The van der Waals surface area contributed by atoms with E-state index in [4.69, 9.17) is 0 Å². The summed E-state index contributed by atoms with van der Waals surface area (Å²) in [6.07, 6.45) is -1.40. The van der Waals surface area contributed by atoms with Crippen LogP contribution in [0.25, 0.3) is 0 Å². The summed E-state index contributed by atoms with van der Waals surface area (Å²) in [5.74, 6) is -0.535. The van der Waals surface area contributed by atoms with Gasteiger partial charge in [0.05, 0.1) is 34.7 Å². The zero-order valence-electron chi connectivity index (χ0n) is 18.3. The van der Waals surface area contributed by atoms with E-state index in [9.17, 15) is 33.2 Å². The standard InChI is InChI=1S/C21H24N4O7S/c1-14-4-6-15(7-5-14)24(33(31,32)18-10-8-16(9-11-18)25(29)30)13-17(26)12-23-19(27)21(2,3)22-20(23)28/h4-11,17,26H,12-13H2,1-3H3,(H,22,28)/t17-/m0/s1. The summed E-state index contributed by atoms with van der Waals surface area (Å²) < 4.78 is 27.7. The highest BCUT2D eigenvalue weighted by Gasteiger charge is 2.45. The summed E-state index contributed by atoms with van der Waals surface area (Å²) in [5, 5.41) is 24.1. The molecule has 0 radical (unpaired) electrons. The molecule has 1 aliphatic rings. The van der Waals surface area contributed by atoms with Gasteiger partial charge >= 0.3 is 6.03 Å². The van der Waals surface area contributed by atoms with Gasteiger partial charge in [0.15, 0.2) is 0 Å². The number of nitrogens with one attached hydrogen (secondary N) is 1. The maximum absolute atomic E-state index is 13.4. The maximum Gasteiger partial charge on any atom is 0.325 e. The SMILES string of the molecule is Cc1ccc(N(C[C@@H](O)CN2C(=O)NC(C)(C)C2=O)S(=O)(=O)c2ccc([N+](=O)[O-])cc2)cc1. The predicted octanol–water partition coefficient (Wildman–Crippen LogP) is 1.79. The van der Waals surface area contributed by atoms with Crippen molar-refractivity contribution in [2.75, 3.05) is 17.4 Å².